The fourth-order valence-corrected chi connectivity index (χ4v) is 1.65. The molecule has 0 spiro atoms. The molecule has 1 atom stereocenters. The van der Waals surface area contributed by atoms with E-state index in [1.54, 1.807) is 41.5 Å². The minimum atomic E-state index is -1.04. The Hall–Kier alpha value is -2.09. The van der Waals surface area contributed by atoms with Gasteiger partial charge in [0.05, 0.1) is 20.8 Å². The van der Waals surface area contributed by atoms with Crippen LogP contribution in [0.3, 0.4) is 0 Å². The molecule has 0 bridgehead atoms. The number of esters is 2. The quantitative estimate of drug-likeness (QED) is 0.227. The Kier molecular flexibility index (Phi) is 16.0. The molecule has 0 aromatic rings. The molecule has 0 saturated carbocycles. The molecule has 0 aromatic heterocycles. The van der Waals surface area contributed by atoms with Gasteiger partial charge in [-0.2, -0.15) is 0 Å². The van der Waals surface area contributed by atoms with E-state index in [1.807, 2.05) is 0 Å². The van der Waals surface area contributed by atoms with Crippen molar-refractivity contribution in [3.63, 3.8) is 0 Å². The van der Waals surface area contributed by atoms with E-state index < -0.39 is 48.0 Å². The second-order valence-electron chi connectivity index (χ2n) is 8.29. The van der Waals surface area contributed by atoms with Gasteiger partial charge in [0.15, 0.2) is 6.04 Å². The average Bonchev–Trinajstić information content (AvgIpc) is 2.64. The van der Waals surface area contributed by atoms with E-state index >= 15 is 0 Å². The van der Waals surface area contributed by atoms with Crippen LogP contribution in [-0.2, 0) is 28.5 Å². The van der Waals surface area contributed by atoms with Crippen molar-refractivity contribution >= 4 is 48.1 Å². The number of hydrogen-bond acceptors (Lipinski definition) is 9. The standard InChI is InChI=1S/C10H19NO5.C10H17NO4.HI/c1-10(2,3)16-9(14)11(4)7(6-12)8(13)15-5;1-7(8(12)14-6)11(5)9(13)15-10(2,3)4;/h7,12H,6H2,1-5H3;1H2,2-6H3;1H. The third-order valence-corrected chi connectivity index (χ3v) is 3.29. The molecular formula is C20H37IN2O9. The number of carbonyl (C=O) groups excluding carboxylic acids is 4. The molecule has 0 fully saturated rings. The minimum Gasteiger partial charge on any atom is -0.467 e. The SMILES string of the molecule is C=C(C(=O)OC)N(C)C(=O)OC(C)(C)C.COC(=O)C(CO)N(C)C(=O)OC(C)(C)C.I. The fourth-order valence-electron chi connectivity index (χ4n) is 1.65. The lowest BCUT2D eigenvalue weighted by atomic mass is 10.2. The zero-order valence-corrected chi connectivity index (χ0v) is 22.8. The summed E-state index contributed by atoms with van der Waals surface area (Å²) in [4.78, 5) is 47.3. The first-order valence-electron chi connectivity index (χ1n) is 9.30. The Morgan fingerprint density at radius 1 is 0.875 bits per heavy atom. The van der Waals surface area contributed by atoms with Gasteiger partial charge < -0.3 is 24.1 Å². The van der Waals surface area contributed by atoms with Crippen molar-refractivity contribution in [2.75, 3.05) is 34.9 Å². The van der Waals surface area contributed by atoms with E-state index in [-0.39, 0.29) is 29.7 Å². The maximum absolute atomic E-state index is 11.6. The summed E-state index contributed by atoms with van der Waals surface area (Å²) in [6.45, 7) is 13.3. The van der Waals surface area contributed by atoms with Crippen LogP contribution in [0.1, 0.15) is 41.5 Å². The second-order valence-corrected chi connectivity index (χ2v) is 8.29. The van der Waals surface area contributed by atoms with Gasteiger partial charge in [0.2, 0.25) is 0 Å². The summed E-state index contributed by atoms with van der Waals surface area (Å²) in [5.41, 5.74) is -1.32. The molecule has 0 heterocycles. The lowest BCUT2D eigenvalue weighted by Crippen LogP contribution is -2.47. The third-order valence-electron chi connectivity index (χ3n) is 3.29. The molecule has 0 aliphatic rings. The van der Waals surface area contributed by atoms with Crippen molar-refractivity contribution in [2.24, 2.45) is 0 Å². The van der Waals surface area contributed by atoms with Crippen LogP contribution in [0.5, 0.6) is 0 Å². The summed E-state index contributed by atoms with van der Waals surface area (Å²) < 4.78 is 19.0. The number of hydrogen-bond donors (Lipinski definition) is 1. The lowest BCUT2D eigenvalue weighted by molar-refractivity contribution is -0.147. The first-order valence-corrected chi connectivity index (χ1v) is 9.30. The Balaban J connectivity index is -0.000000511. The number of methoxy groups -OCH3 is 2. The highest BCUT2D eigenvalue weighted by molar-refractivity contribution is 14.0. The van der Waals surface area contributed by atoms with Gasteiger partial charge in [0.25, 0.3) is 0 Å². The molecule has 32 heavy (non-hydrogen) atoms. The normalized spacial score (nSPS) is 11.3. The smallest absolute Gasteiger partial charge is 0.414 e. The predicted octanol–water partition coefficient (Wildman–Crippen LogP) is 2.55. The molecular weight excluding hydrogens is 539 g/mol. The number of ether oxygens (including phenoxy) is 4. The van der Waals surface area contributed by atoms with Gasteiger partial charge in [-0.25, -0.2) is 19.2 Å². The average molecular weight is 576 g/mol. The van der Waals surface area contributed by atoms with Crippen LogP contribution in [0.4, 0.5) is 9.59 Å². The maximum Gasteiger partial charge on any atom is 0.414 e. The van der Waals surface area contributed by atoms with Gasteiger partial charge in [-0.15, -0.1) is 24.0 Å². The zero-order chi connectivity index (χ0) is 25.2. The van der Waals surface area contributed by atoms with E-state index in [4.69, 9.17) is 14.6 Å². The van der Waals surface area contributed by atoms with Crippen molar-refractivity contribution < 1.29 is 43.2 Å². The number of nitrogens with zero attached hydrogens (tertiary/aromatic N) is 2. The van der Waals surface area contributed by atoms with E-state index in [1.165, 1.54) is 28.3 Å². The van der Waals surface area contributed by atoms with Crippen LogP contribution in [0.25, 0.3) is 0 Å². The van der Waals surface area contributed by atoms with Crippen LogP contribution in [0.15, 0.2) is 12.3 Å². The van der Waals surface area contributed by atoms with Crippen LogP contribution in [0.2, 0.25) is 0 Å². The Morgan fingerprint density at radius 3 is 1.59 bits per heavy atom. The molecule has 11 nitrogen and oxygen atoms in total. The highest BCUT2D eigenvalue weighted by atomic mass is 127. The lowest BCUT2D eigenvalue weighted by Gasteiger charge is -2.28. The predicted molar refractivity (Wildman–Crippen MR) is 127 cm³/mol. The first-order chi connectivity index (χ1) is 13.9. The van der Waals surface area contributed by atoms with Crippen molar-refractivity contribution in [1.82, 2.24) is 9.80 Å². The van der Waals surface area contributed by atoms with Crippen molar-refractivity contribution in [1.29, 1.82) is 0 Å². The first kappa shape index (κ1) is 34.5. The molecule has 0 radical (unpaired) electrons. The number of likely N-dealkylation sites (N-methyl/N-ethyl adjacent to an activating group) is 2. The molecule has 0 aromatic carbocycles. The van der Waals surface area contributed by atoms with Crippen molar-refractivity contribution in [3.05, 3.63) is 12.3 Å². The van der Waals surface area contributed by atoms with Crippen LogP contribution in [-0.4, -0.2) is 91.2 Å². The van der Waals surface area contributed by atoms with Crippen molar-refractivity contribution in [3.8, 4) is 0 Å². The van der Waals surface area contributed by atoms with E-state index in [2.05, 4.69) is 16.1 Å². The molecule has 0 rings (SSSR count). The summed E-state index contributed by atoms with van der Waals surface area (Å²) in [7, 11) is 5.17. The largest absolute Gasteiger partial charge is 0.467 e. The fraction of sp³-hybridized carbons (Fsp3) is 0.700. The molecule has 12 heteroatoms. The minimum absolute atomic E-state index is 0. The summed E-state index contributed by atoms with van der Waals surface area (Å²) in [6.07, 6.45) is -1.32. The number of aliphatic hydroxyl groups excluding tert-OH is 1. The Bertz CT molecular complexity index is 654. The number of halogens is 1. The van der Waals surface area contributed by atoms with E-state index in [0.29, 0.717) is 0 Å². The molecule has 2 amide bonds. The van der Waals surface area contributed by atoms with Crippen molar-refractivity contribution in [2.45, 2.75) is 58.8 Å². The number of amides is 2. The van der Waals surface area contributed by atoms with E-state index in [0.717, 1.165) is 9.80 Å². The van der Waals surface area contributed by atoms with Crippen LogP contribution < -0.4 is 0 Å². The molecule has 1 N–H and O–H groups in total. The van der Waals surface area contributed by atoms with Gasteiger partial charge in [0, 0.05) is 14.1 Å². The van der Waals surface area contributed by atoms with Crippen LogP contribution >= 0.6 is 24.0 Å². The molecule has 0 aliphatic heterocycles. The summed E-state index contributed by atoms with van der Waals surface area (Å²) in [6, 6.07) is -1.04. The molecule has 0 aliphatic carbocycles. The molecule has 188 valence electrons. The summed E-state index contributed by atoms with van der Waals surface area (Å²) in [5.74, 6) is -1.35. The van der Waals surface area contributed by atoms with Gasteiger partial charge in [0.1, 0.15) is 16.9 Å². The summed E-state index contributed by atoms with van der Waals surface area (Å²) in [5, 5.41) is 8.99. The number of rotatable bonds is 5. The van der Waals surface area contributed by atoms with Gasteiger partial charge in [-0.3, -0.25) is 9.80 Å². The third kappa shape index (κ3) is 14.1. The maximum atomic E-state index is 11.6. The highest BCUT2D eigenvalue weighted by Gasteiger charge is 2.30. The summed E-state index contributed by atoms with van der Waals surface area (Å²) >= 11 is 0. The second kappa shape index (κ2) is 14.9. The molecule has 1 unspecified atom stereocenters. The molecule has 0 saturated heterocycles. The van der Waals surface area contributed by atoms with Gasteiger partial charge in [-0.1, -0.05) is 6.58 Å². The van der Waals surface area contributed by atoms with Gasteiger partial charge >= 0.3 is 24.1 Å². The van der Waals surface area contributed by atoms with Gasteiger partial charge in [-0.05, 0) is 41.5 Å². The Labute approximate surface area is 207 Å². The monoisotopic (exact) mass is 576 g/mol. The highest BCUT2D eigenvalue weighted by Crippen LogP contribution is 2.12. The van der Waals surface area contributed by atoms with Crippen LogP contribution in [0, 0.1) is 0 Å². The number of carbonyl (C=O) groups is 4. The Morgan fingerprint density at radius 2 is 1.28 bits per heavy atom. The number of aliphatic hydroxyl groups is 1. The topological polar surface area (TPSA) is 132 Å². The zero-order valence-electron chi connectivity index (χ0n) is 20.5. The van der Waals surface area contributed by atoms with E-state index in [9.17, 15) is 19.2 Å².